The number of nitrogens with zero attached hydrogens (tertiary/aromatic N) is 3. The summed E-state index contributed by atoms with van der Waals surface area (Å²) in [5.74, 6) is -1.16. The van der Waals surface area contributed by atoms with Gasteiger partial charge in [-0.1, -0.05) is 0 Å². The molecule has 9 heteroatoms. The normalized spacial score (nSPS) is 11.6. The monoisotopic (exact) mass is 334 g/mol. The van der Waals surface area contributed by atoms with Gasteiger partial charge in [0, 0.05) is 6.20 Å². The molecule has 0 atom stereocenters. The van der Waals surface area contributed by atoms with Gasteiger partial charge in [-0.2, -0.15) is 18.3 Å². The molecule has 2 aromatic rings. The summed E-state index contributed by atoms with van der Waals surface area (Å²) in [5, 5.41) is 3.78. The summed E-state index contributed by atoms with van der Waals surface area (Å²) in [6, 6.07) is 1.67. The van der Waals surface area contributed by atoms with Crippen molar-refractivity contribution in [3.63, 3.8) is 0 Å². The molecule has 0 radical (unpaired) electrons. The zero-order valence-electron chi connectivity index (χ0n) is 9.15. The van der Waals surface area contributed by atoms with Gasteiger partial charge in [-0.25, -0.2) is 9.67 Å². The average molecular weight is 335 g/mol. The minimum Gasteiger partial charge on any atom is -0.365 e. The van der Waals surface area contributed by atoms with Crippen LogP contribution in [0, 0.1) is 0 Å². The lowest BCUT2D eigenvalue weighted by atomic mass is 10.2. The quantitative estimate of drug-likeness (QED) is 0.914. The van der Waals surface area contributed by atoms with E-state index in [-0.39, 0.29) is 11.4 Å². The molecule has 0 aliphatic carbocycles. The van der Waals surface area contributed by atoms with Gasteiger partial charge in [0.05, 0.1) is 16.2 Å². The van der Waals surface area contributed by atoms with E-state index in [1.165, 1.54) is 12.4 Å². The Morgan fingerprint density at radius 3 is 2.53 bits per heavy atom. The Hall–Kier alpha value is -1.90. The van der Waals surface area contributed by atoms with Gasteiger partial charge in [-0.3, -0.25) is 4.79 Å². The number of halogens is 4. The lowest BCUT2D eigenvalue weighted by Gasteiger charge is -2.10. The summed E-state index contributed by atoms with van der Waals surface area (Å²) in [6.45, 7) is 0. The van der Waals surface area contributed by atoms with Crippen LogP contribution >= 0.6 is 15.9 Å². The molecule has 0 saturated heterocycles. The van der Waals surface area contributed by atoms with E-state index in [4.69, 9.17) is 5.73 Å². The highest BCUT2D eigenvalue weighted by Gasteiger charge is 2.33. The molecule has 100 valence electrons. The van der Waals surface area contributed by atoms with Crippen molar-refractivity contribution in [2.45, 2.75) is 6.18 Å². The van der Waals surface area contributed by atoms with Crippen LogP contribution in [0.5, 0.6) is 0 Å². The van der Waals surface area contributed by atoms with Gasteiger partial charge < -0.3 is 5.73 Å². The van der Waals surface area contributed by atoms with Crippen LogP contribution in [-0.2, 0) is 6.18 Å². The van der Waals surface area contributed by atoms with Crippen molar-refractivity contribution in [2.24, 2.45) is 5.73 Å². The van der Waals surface area contributed by atoms with E-state index in [0.717, 1.165) is 10.7 Å². The second-order valence-electron chi connectivity index (χ2n) is 3.53. The third-order valence-electron chi connectivity index (χ3n) is 2.20. The van der Waals surface area contributed by atoms with E-state index >= 15 is 0 Å². The number of aromatic nitrogens is 3. The first-order valence-electron chi connectivity index (χ1n) is 4.87. The SMILES string of the molecule is NC(=O)c1ccc(C(F)(F)F)nc1-n1cc(Br)cn1. The number of hydrogen-bond acceptors (Lipinski definition) is 3. The molecular formula is C10H6BrF3N4O. The van der Waals surface area contributed by atoms with Gasteiger partial charge in [-0.05, 0) is 28.1 Å². The van der Waals surface area contributed by atoms with Crippen molar-refractivity contribution in [1.29, 1.82) is 0 Å². The van der Waals surface area contributed by atoms with E-state index in [1.54, 1.807) is 0 Å². The number of carbonyl (C=O) groups is 1. The maximum absolute atomic E-state index is 12.6. The fourth-order valence-electron chi connectivity index (χ4n) is 1.39. The summed E-state index contributed by atoms with van der Waals surface area (Å²) < 4.78 is 39.4. The largest absolute Gasteiger partial charge is 0.433 e. The van der Waals surface area contributed by atoms with Crippen LogP contribution in [0.2, 0.25) is 0 Å². The summed E-state index contributed by atoms with van der Waals surface area (Å²) in [5.41, 5.74) is 3.83. The predicted octanol–water partition coefficient (Wildman–Crippen LogP) is 2.15. The molecule has 0 fully saturated rings. The van der Waals surface area contributed by atoms with Gasteiger partial charge in [0.15, 0.2) is 5.82 Å². The first-order valence-corrected chi connectivity index (χ1v) is 5.67. The third-order valence-corrected chi connectivity index (χ3v) is 2.61. The molecule has 5 nitrogen and oxygen atoms in total. The third kappa shape index (κ3) is 2.75. The molecule has 2 rings (SSSR count). The summed E-state index contributed by atoms with van der Waals surface area (Å²) in [6.07, 6.45) is -1.89. The molecule has 0 aromatic carbocycles. The molecule has 0 aliphatic heterocycles. The minimum absolute atomic E-state index is 0.149. The number of amides is 1. The number of hydrogen-bond donors (Lipinski definition) is 1. The van der Waals surface area contributed by atoms with Crippen molar-refractivity contribution in [2.75, 3.05) is 0 Å². The van der Waals surface area contributed by atoms with Crippen LogP contribution in [0.3, 0.4) is 0 Å². The maximum atomic E-state index is 12.6. The zero-order valence-corrected chi connectivity index (χ0v) is 10.7. The Bertz CT molecular complexity index is 638. The summed E-state index contributed by atoms with van der Waals surface area (Å²) in [4.78, 5) is 14.6. The van der Waals surface area contributed by atoms with E-state index in [2.05, 4.69) is 26.0 Å². The molecule has 1 amide bonds. The Kier molecular flexibility index (Phi) is 3.31. The lowest BCUT2D eigenvalue weighted by Crippen LogP contribution is -2.19. The van der Waals surface area contributed by atoms with Gasteiger partial charge >= 0.3 is 6.18 Å². The Morgan fingerprint density at radius 2 is 2.05 bits per heavy atom. The van der Waals surface area contributed by atoms with Crippen molar-refractivity contribution in [3.8, 4) is 5.82 Å². The smallest absolute Gasteiger partial charge is 0.365 e. The van der Waals surface area contributed by atoms with Gasteiger partial charge in [0.2, 0.25) is 0 Å². The van der Waals surface area contributed by atoms with E-state index in [0.29, 0.717) is 10.5 Å². The number of alkyl halides is 3. The standard InChI is InChI=1S/C10H6BrF3N4O/c11-5-3-16-18(4-5)9-6(8(15)19)1-2-7(17-9)10(12,13)14/h1-4H,(H2,15,19). The van der Waals surface area contributed by atoms with Crippen LogP contribution in [0.25, 0.3) is 5.82 Å². The van der Waals surface area contributed by atoms with Crippen molar-refractivity contribution < 1.29 is 18.0 Å². The van der Waals surface area contributed by atoms with Crippen molar-refractivity contribution in [3.05, 3.63) is 40.3 Å². The molecular weight excluding hydrogens is 329 g/mol. The number of nitrogens with two attached hydrogens (primary N) is 1. The summed E-state index contributed by atoms with van der Waals surface area (Å²) >= 11 is 3.10. The van der Waals surface area contributed by atoms with Crippen molar-refractivity contribution in [1.82, 2.24) is 14.8 Å². The molecule has 2 aromatic heterocycles. The topological polar surface area (TPSA) is 73.8 Å². The zero-order chi connectivity index (χ0) is 14.2. The highest BCUT2D eigenvalue weighted by Crippen LogP contribution is 2.29. The summed E-state index contributed by atoms with van der Waals surface area (Å²) in [7, 11) is 0. The highest BCUT2D eigenvalue weighted by atomic mass is 79.9. The van der Waals surface area contributed by atoms with E-state index in [9.17, 15) is 18.0 Å². The fraction of sp³-hybridized carbons (Fsp3) is 0.100. The van der Waals surface area contributed by atoms with E-state index < -0.39 is 17.8 Å². The van der Waals surface area contributed by atoms with Gasteiger partial charge in [0.1, 0.15) is 5.69 Å². The van der Waals surface area contributed by atoms with Crippen LogP contribution in [0.4, 0.5) is 13.2 Å². The lowest BCUT2D eigenvalue weighted by molar-refractivity contribution is -0.141. The minimum atomic E-state index is -4.62. The van der Waals surface area contributed by atoms with Crippen LogP contribution in [-0.4, -0.2) is 20.7 Å². The van der Waals surface area contributed by atoms with Crippen LogP contribution in [0.15, 0.2) is 29.0 Å². The van der Waals surface area contributed by atoms with E-state index in [1.807, 2.05) is 0 Å². The Balaban J connectivity index is 2.64. The second-order valence-corrected chi connectivity index (χ2v) is 4.45. The number of primary amides is 1. The first-order chi connectivity index (χ1) is 8.79. The Labute approximate surface area is 113 Å². The molecule has 2 N–H and O–H groups in total. The molecule has 0 aliphatic rings. The number of rotatable bonds is 2. The van der Waals surface area contributed by atoms with Crippen LogP contribution in [0.1, 0.15) is 16.1 Å². The molecule has 0 unspecified atom stereocenters. The van der Waals surface area contributed by atoms with Gasteiger partial charge in [-0.15, -0.1) is 0 Å². The number of carbonyl (C=O) groups excluding carboxylic acids is 1. The maximum Gasteiger partial charge on any atom is 0.433 e. The van der Waals surface area contributed by atoms with Crippen molar-refractivity contribution >= 4 is 21.8 Å². The Morgan fingerprint density at radius 1 is 1.37 bits per heavy atom. The van der Waals surface area contributed by atoms with Gasteiger partial charge in [0.25, 0.3) is 5.91 Å². The molecule has 0 saturated carbocycles. The molecule has 0 spiro atoms. The fourth-order valence-corrected chi connectivity index (χ4v) is 1.68. The predicted molar refractivity (Wildman–Crippen MR) is 62.6 cm³/mol. The second kappa shape index (κ2) is 4.65. The molecule has 19 heavy (non-hydrogen) atoms. The van der Waals surface area contributed by atoms with Crippen LogP contribution < -0.4 is 5.73 Å². The molecule has 2 heterocycles. The average Bonchev–Trinajstić information content (AvgIpc) is 2.73. The first kappa shape index (κ1) is 13.5. The number of pyridine rings is 1. The molecule has 0 bridgehead atoms. The highest BCUT2D eigenvalue weighted by molar-refractivity contribution is 9.10.